The number of amides is 1. The summed E-state index contributed by atoms with van der Waals surface area (Å²) in [5.41, 5.74) is 0.702. The molecule has 3 fully saturated rings. The second-order valence-electron chi connectivity index (χ2n) is 12.3. The third-order valence-electron chi connectivity index (χ3n) is 9.07. The van der Waals surface area contributed by atoms with E-state index in [1.165, 1.54) is 37.1 Å². The number of non-ortho nitro benzene ring substituents is 1. The van der Waals surface area contributed by atoms with Crippen molar-refractivity contribution in [2.24, 2.45) is 23.7 Å². The lowest BCUT2D eigenvalue weighted by Gasteiger charge is -2.38. The number of benzene rings is 2. The Bertz CT molecular complexity index is 1230. The van der Waals surface area contributed by atoms with Crippen LogP contribution in [-0.2, 0) is 16.1 Å². The van der Waals surface area contributed by atoms with Gasteiger partial charge in [0.1, 0.15) is 12.4 Å². The minimum absolute atomic E-state index is 0.00297. The van der Waals surface area contributed by atoms with Crippen LogP contribution in [-0.4, -0.2) is 64.1 Å². The quantitative estimate of drug-likeness (QED) is 0.158. The summed E-state index contributed by atoms with van der Waals surface area (Å²) in [5, 5.41) is 20.6. The molecular formula is C34H44FN3O6. The van der Waals surface area contributed by atoms with E-state index in [2.05, 4.69) is 11.5 Å². The smallest absolute Gasteiger partial charge is 0.410 e. The van der Waals surface area contributed by atoms with Crippen molar-refractivity contribution in [3.05, 3.63) is 88.7 Å². The Labute approximate surface area is 258 Å². The lowest BCUT2D eigenvalue weighted by atomic mass is 9.86. The number of carbonyl (C=O) groups excluding carboxylic acids is 1. The summed E-state index contributed by atoms with van der Waals surface area (Å²) < 4.78 is 17.4. The van der Waals surface area contributed by atoms with Crippen LogP contribution in [0.2, 0.25) is 0 Å². The summed E-state index contributed by atoms with van der Waals surface area (Å²) in [5.74, 6) is 0.544. The number of nitro groups is 1. The summed E-state index contributed by atoms with van der Waals surface area (Å²) in [4.78, 5) is 39.3. The number of nitro benzene ring substituents is 1. The Balaban J connectivity index is 0.000000555. The zero-order chi connectivity index (χ0) is 31.5. The number of carboxylic acids is 1. The van der Waals surface area contributed by atoms with Crippen molar-refractivity contribution in [1.29, 1.82) is 0 Å². The average Bonchev–Trinajstić information content (AvgIpc) is 3.74. The zero-order valence-corrected chi connectivity index (χ0v) is 25.3. The molecule has 1 amide bonds. The summed E-state index contributed by atoms with van der Waals surface area (Å²) in [6.45, 7) is 7.07. The number of ether oxygens (including phenoxy) is 1. The van der Waals surface area contributed by atoms with Gasteiger partial charge in [0.15, 0.2) is 0 Å². The number of aliphatic carboxylic acids is 1. The van der Waals surface area contributed by atoms with Gasteiger partial charge in [0.2, 0.25) is 0 Å². The Hall–Kier alpha value is -3.79. The molecular weight excluding hydrogens is 565 g/mol. The molecule has 1 heterocycles. The Kier molecular flexibility index (Phi) is 12.3. The van der Waals surface area contributed by atoms with Crippen LogP contribution in [0.4, 0.5) is 14.9 Å². The fraction of sp³-hybridized carbons (Fsp3) is 0.529. The van der Waals surface area contributed by atoms with Gasteiger partial charge >= 0.3 is 12.1 Å². The molecule has 2 saturated carbocycles. The summed E-state index contributed by atoms with van der Waals surface area (Å²) in [6, 6.07) is 14.0. The fourth-order valence-corrected chi connectivity index (χ4v) is 6.50. The minimum atomic E-state index is -0.610. The van der Waals surface area contributed by atoms with Crippen LogP contribution in [0.1, 0.15) is 56.9 Å². The van der Waals surface area contributed by atoms with Gasteiger partial charge < -0.3 is 19.6 Å². The first-order valence-corrected chi connectivity index (χ1v) is 15.7. The van der Waals surface area contributed by atoms with E-state index in [4.69, 9.17) is 4.74 Å². The van der Waals surface area contributed by atoms with Crippen molar-refractivity contribution in [3.63, 3.8) is 0 Å². The van der Waals surface area contributed by atoms with Gasteiger partial charge in [-0.2, -0.15) is 0 Å². The molecule has 1 aliphatic heterocycles. The number of likely N-dealkylation sites (tertiary alicyclic amines) is 1. The molecule has 5 rings (SSSR count). The third-order valence-corrected chi connectivity index (χ3v) is 9.07. The monoisotopic (exact) mass is 609 g/mol. The molecule has 10 heteroatoms. The maximum absolute atomic E-state index is 12.9. The molecule has 3 atom stereocenters. The van der Waals surface area contributed by atoms with Gasteiger partial charge in [-0.15, -0.1) is 6.58 Å². The molecule has 2 aromatic rings. The first-order valence-electron chi connectivity index (χ1n) is 15.7. The molecule has 0 radical (unpaired) electrons. The van der Waals surface area contributed by atoms with Gasteiger partial charge in [0.05, 0.1) is 10.8 Å². The predicted molar refractivity (Wildman–Crippen MR) is 165 cm³/mol. The lowest BCUT2D eigenvalue weighted by Crippen LogP contribution is -2.48. The zero-order valence-electron chi connectivity index (χ0n) is 25.3. The number of piperidine rings is 1. The predicted octanol–water partition coefficient (Wildman–Crippen LogP) is 6.93. The molecule has 3 unspecified atom stereocenters. The SMILES string of the molecule is C=CCN(C(=O)OCc1ccc([N+](=O)[O-])cc1)C1CCN(CC2CCC(C(CC3CC3)C(=O)O)C2)CC1.Fc1ccccc1. The van der Waals surface area contributed by atoms with Crippen molar-refractivity contribution in [2.45, 2.75) is 64.0 Å². The number of hydrogen-bond donors (Lipinski definition) is 1. The van der Waals surface area contributed by atoms with Crippen molar-refractivity contribution >= 4 is 17.7 Å². The Morgan fingerprint density at radius 2 is 1.70 bits per heavy atom. The third kappa shape index (κ3) is 10.1. The molecule has 2 aromatic carbocycles. The highest BCUT2D eigenvalue weighted by atomic mass is 19.1. The van der Waals surface area contributed by atoms with Crippen molar-refractivity contribution < 1.29 is 28.7 Å². The number of halogens is 1. The van der Waals surface area contributed by atoms with E-state index in [0.29, 0.717) is 29.9 Å². The van der Waals surface area contributed by atoms with Gasteiger partial charge in [-0.3, -0.25) is 14.9 Å². The van der Waals surface area contributed by atoms with E-state index < -0.39 is 17.0 Å². The first kappa shape index (κ1) is 33.1. The number of carbonyl (C=O) groups is 2. The highest BCUT2D eigenvalue weighted by Crippen LogP contribution is 2.43. The number of nitrogens with zero attached hydrogens (tertiary/aromatic N) is 3. The molecule has 3 aliphatic rings. The van der Waals surface area contributed by atoms with E-state index in [1.54, 1.807) is 41.3 Å². The van der Waals surface area contributed by atoms with Crippen LogP contribution in [0, 0.1) is 39.6 Å². The largest absolute Gasteiger partial charge is 0.481 e. The molecule has 0 aromatic heterocycles. The lowest BCUT2D eigenvalue weighted by molar-refractivity contribution is -0.384. The second-order valence-corrected chi connectivity index (χ2v) is 12.3. The van der Waals surface area contributed by atoms with Crippen LogP contribution >= 0.6 is 0 Å². The fourth-order valence-electron chi connectivity index (χ4n) is 6.50. The van der Waals surface area contributed by atoms with Gasteiger partial charge in [-0.25, -0.2) is 9.18 Å². The highest BCUT2D eigenvalue weighted by molar-refractivity contribution is 5.70. The maximum atomic E-state index is 12.9. The molecule has 0 spiro atoms. The van der Waals surface area contributed by atoms with Crippen LogP contribution in [0.25, 0.3) is 0 Å². The Morgan fingerprint density at radius 3 is 2.25 bits per heavy atom. The second kappa shape index (κ2) is 16.3. The first-order chi connectivity index (χ1) is 21.2. The molecule has 1 N–H and O–H groups in total. The molecule has 0 bridgehead atoms. The van der Waals surface area contributed by atoms with Gasteiger partial charge in [-0.1, -0.05) is 37.1 Å². The van der Waals surface area contributed by atoms with Crippen molar-refractivity contribution in [2.75, 3.05) is 26.2 Å². The highest BCUT2D eigenvalue weighted by Gasteiger charge is 2.39. The van der Waals surface area contributed by atoms with Crippen molar-refractivity contribution in [3.8, 4) is 0 Å². The van der Waals surface area contributed by atoms with Crippen molar-refractivity contribution in [1.82, 2.24) is 9.80 Å². The molecule has 238 valence electrons. The van der Waals surface area contributed by atoms with E-state index >= 15 is 0 Å². The molecule has 9 nitrogen and oxygen atoms in total. The van der Waals surface area contributed by atoms with E-state index in [9.17, 15) is 29.2 Å². The van der Waals surface area contributed by atoms with Crippen LogP contribution < -0.4 is 0 Å². The van der Waals surface area contributed by atoms with E-state index in [1.807, 2.05) is 0 Å². The Morgan fingerprint density at radius 1 is 1.05 bits per heavy atom. The van der Waals surface area contributed by atoms with Crippen LogP contribution in [0.5, 0.6) is 0 Å². The number of rotatable bonds is 12. The van der Waals surface area contributed by atoms with Gasteiger partial charge in [0.25, 0.3) is 5.69 Å². The maximum Gasteiger partial charge on any atom is 0.410 e. The number of carboxylic acid groups (broad SMARTS) is 1. The van der Waals surface area contributed by atoms with Gasteiger partial charge in [0, 0.05) is 44.4 Å². The summed E-state index contributed by atoms with van der Waals surface area (Å²) >= 11 is 0. The molecule has 2 aliphatic carbocycles. The normalized spacial score (nSPS) is 21.0. The van der Waals surface area contributed by atoms with E-state index in [0.717, 1.165) is 58.2 Å². The molecule has 44 heavy (non-hydrogen) atoms. The van der Waals surface area contributed by atoms with Crippen LogP contribution in [0.3, 0.4) is 0 Å². The topological polar surface area (TPSA) is 113 Å². The molecule has 1 saturated heterocycles. The van der Waals surface area contributed by atoms with Gasteiger partial charge in [-0.05, 0) is 86.1 Å². The summed E-state index contributed by atoms with van der Waals surface area (Å²) in [7, 11) is 0. The van der Waals surface area contributed by atoms with E-state index in [-0.39, 0.29) is 30.1 Å². The standard InChI is InChI=1S/C28H39N3O6.C6H5F/c1-2-13-30(28(34)37-19-21-6-9-25(10-7-21)31(35)36)24-11-14-29(15-12-24)18-22-5-8-23(16-22)26(27(32)33)17-20-3-4-20;7-6-4-2-1-3-5-6/h2,6-7,9-10,20,22-24,26H,1,3-5,8,11-19H2,(H,32,33);1-5H. The minimum Gasteiger partial charge on any atom is -0.481 e. The summed E-state index contributed by atoms with van der Waals surface area (Å²) in [6.07, 6.45) is 9.43. The average molecular weight is 610 g/mol. The van der Waals surface area contributed by atoms with Crippen LogP contribution in [0.15, 0.2) is 67.3 Å². The number of hydrogen-bond acceptors (Lipinski definition) is 6.